The Hall–Kier alpha value is -3.72. The van der Waals surface area contributed by atoms with Crippen LogP contribution in [0, 0.1) is 0 Å². The van der Waals surface area contributed by atoms with Crippen LogP contribution < -0.4 is 0 Å². The van der Waals surface area contributed by atoms with Crippen LogP contribution in [0.4, 0.5) is 0 Å². The first kappa shape index (κ1) is 21.6. The summed E-state index contributed by atoms with van der Waals surface area (Å²) in [5, 5.41) is 17.6. The van der Waals surface area contributed by atoms with Gasteiger partial charge in [0.1, 0.15) is 13.2 Å². The van der Waals surface area contributed by atoms with Crippen molar-refractivity contribution in [2.45, 2.75) is 0 Å². The van der Waals surface area contributed by atoms with E-state index in [0.29, 0.717) is 0 Å². The van der Waals surface area contributed by atoms with Crippen LogP contribution in [0.15, 0.2) is 48.5 Å². The van der Waals surface area contributed by atoms with Crippen LogP contribution in [0.1, 0.15) is 41.4 Å². The van der Waals surface area contributed by atoms with E-state index in [9.17, 15) is 19.2 Å². The number of carbonyl (C=O) groups excluding carboxylic acids is 2. The van der Waals surface area contributed by atoms with Crippen molar-refractivity contribution in [3.8, 4) is 0 Å². The Morgan fingerprint density at radius 1 is 0.552 bits per heavy atom. The van der Waals surface area contributed by atoms with Gasteiger partial charge in [-0.3, -0.25) is 0 Å². The van der Waals surface area contributed by atoms with E-state index in [1.165, 1.54) is 48.5 Å². The molecule has 2 N–H and O–H groups in total. The molecule has 0 amide bonds. The van der Waals surface area contributed by atoms with Gasteiger partial charge in [0.15, 0.2) is 0 Å². The van der Waals surface area contributed by atoms with Crippen molar-refractivity contribution >= 4 is 23.9 Å². The first-order valence-electron chi connectivity index (χ1n) is 8.47. The third-order valence-corrected chi connectivity index (χ3v) is 3.66. The Morgan fingerprint density at radius 3 is 1.17 bits per heavy atom. The van der Waals surface area contributed by atoms with E-state index in [2.05, 4.69) is 0 Å². The number of ether oxygens (including phenoxy) is 3. The van der Waals surface area contributed by atoms with Gasteiger partial charge in [-0.15, -0.1) is 0 Å². The first-order valence-corrected chi connectivity index (χ1v) is 8.47. The molecule has 0 fully saturated rings. The summed E-state index contributed by atoms with van der Waals surface area (Å²) in [4.78, 5) is 45.1. The molecule has 2 aromatic carbocycles. The molecule has 0 heterocycles. The van der Waals surface area contributed by atoms with Gasteiger partial charge in [-0.25, -0.2) is 19.2 Å². The lowest BCUT2D eigenvalue weighted by Crippen LogP contribution is -2.15. The average molecular weight is 402 g/mol. The third-order valence-electron chi connectivity index (χ3n) is 3.66. The van der Waals surface area contributed by atoms with Crippen LogP contribution in [0.25, 0.3) is 0 Å². The van der Waals surface area contributed by atoms with E-state index < -0.39 is 23.9 Å². The van der Waals surface area contributed by atoms with Crippen LogP contribution in [-0.2, 0) is 14.2 Å². The van der Waals surface area contributed by atoms with Crippen molar-refractivity contribution in [2.75, 3.05) is 26.4 Å². The zero-order valence-electron chi connectivity index (χ0n) is 15.2. The number of hydrogen-bond acceptors (Lipinski definition) is 7. The summed E-state index contributed by atoms with van der Waals surface area (Å²) < 4.78 is 15.2. The molecule has 0 aliphatic heterocycles. The smallest absolute Gasteiger partial charge is 0.338 e. The Morgan fingerprint density at radius 2 is 0.862 bits per heavy atom. The number of carbonyl (C=O) groups is 4. The fourth-order valence-corrected chi connectivity index (χ4v) is 2.15. The van der Waals surface area contributed by atoms with Gasteiger partial charge in [0, 0.05) is 0 Å². The van der Waals surface area contributed by atoms with Crippen molar-refractivity contribution in [2.24, 2.45) is 0 Å². The van der Waals surface area contributed by atoms with E-state index in [-0.39, 0.29) is 48.7 Å². The van der Waals surface area contributed by atoms with E-state index in [1.807, 2.05) is 0 Å². The van der Waals surface area contributed by atoms with E-state index in [1.54, 1.807) is 0 Å². The quantitative estimate of drug-likeness (QED) is 0.452. The van der Waals surface area contributed by atoms with Crippen molar-refractivity contribution in [1.29, 1.82) is 0 Å². The van der Waals surface area contributed by atoms with Crippen LogP contribution in [0.5, 0.6) is 0 Å². The maximum Gasteiger partial charge on any atom is 0.338 e. The summed E-state index contributed by atoms with van der Waals surface area (Å²) in [6.45, 7) is 0.127. The standard InChI is InChI=1S/C20H18O9/c21-17(22)13-1-5-15(6-2-13)19(25)28-11-9-27-10-12-29-20(26)16-7-3-14(4-8-16)18(23)24/h1-8H,9-12H2,(H,21,22)(H,23,24). The second kappa shape index (κ2) is 10.6. The molecule has 0 aliphatic rings. The summed E-state index contributed by atoms with van der Waals surface area (Å²) in [5.41, 5.74) is 0.574. The molecule has 9 heteroatoms. The Labute approximate surface area is 165 Å². The number of hydrogen-bond donors (Lipinski definition) is 2. The van der Waals surface area contributed by atoms with Crippen LogP contribution >= 0.6 is 0 Å². The average Bonchev–Trinajstić information content (AvgIpc) is 2.72. The molecule has 0 bridgehead atoms. The minimum Gasteiger partial charge on any atom is -0.478 e. The van der Waals surface area contributed by atoms with Gasteiger partial charge >= 0.3 is 23.9 Å². The van der Waals surface area contributed by atoms with Gasteiger partial charge in [0.2, 0.25) is 0 Å². The predicted molar refractivity (Wildman–Crippen MR) is 98.2 cm³/mol. The molecular formula is C20H18O9. The van der Waals surface area contributed by atoms with Crippen LogP contribution in [0.2, 0.25) is 0 Å². The Balaban J connectivity index is 1.60. The third kappa shape index (κ3) is 6.74. The van der Waals surface area contributed by atoms with Gasteiger partial charge < -0.3 is 24.4 Å². The van der Waals surface area contributed by atoms with Crippen molar-refractivity contribution < 1.29 is 43.6 Å². The monoisotopic (exact) mass is 402 g/mol. The molecule has 0 saturated heterocycles. The van der Waals surface area contributed by atoms with Gasteiger partial charge in [0.05, 0.1) is 35.5 Å². The van der Waals surface area contributed by atoms with Crippen LogP contribution in [0.3, 0.4) is 0 Å². The molecule has 9 nitrogen and oxygen atoms in total. The fourth-order valence-electron chi connectivity index (χ4n) is 2.15. The SMILES string of the molecule is O=C(O)c1ccc(C(=O)OCCOCCOC(=O)c2ccc(C(=O)O)cc2)cc1. The fraction of sp³-hybridized carbons (Fsp3) is 0.200. The predicted octanol–water partition coefficient (Wildman–Crippen LogP) is 2.11. The number of rotatable bonds is 10. The highest BCUT2D eigenvalue weighted by Gasteiger charge is 2.10. The largest absolute Gasteiger partial charge is 0.478 e. The topological polar surface area (TPSA) is 136 Å². The van der Waals surface area contributed by atoms with Gasteiger partial charge in [-0.1, -0.05) is 0 Å². The van der Waals surface area contributed by atoms with Crippen molar-refractivity contribution in [3.05, 3.63) is 70.8 Å². The molecule has 152 valence electrons. The van der Waals surface area contributed by atoms with Gasteiger partial charge in [-0.2, -0.15) is 0 Å². The highest BCUT2D eigenvalue weighted by molar-refractivity contribution is 5.93. The minimum absolute atomic E-state index is 0.0237. The Bertz CT molecular complexity index is 796. The lowest BCUT2D eigenvalue weighted by atomic mass is 10.1. The maximum atomic E-state index is 11.8. The second-order valence-electron chi connectivity index (χ2n) is 5.65. The minimum atomic E-state index is -1.09. The second-order valence-corrected chi connectivity index (χ2v) is 5.65. The maximum absolute atomic E-state index is 11.8. The normalized spacial score (nSPS) is 10.2. The number of aromatic carboxylic acids is 2. The number of carboxylic acid groups (broad SMARTS) is 2. The lowest BCUT2D eigenvalue weighted by molar-refractivity contribution is 0.0150. The molecular weight excluding hydrogens is 384 g/mol. The number of esters is 2. The molecule has 0 aliphatic carbocycles. The lowest BCUT2D eigenvalue weighted by Gasteiger charge is -2.07. The van der Waals surface area contributed by atoms with E-state index in [0.717, 1.165) is 0 Å². The molecule has 2 aromatic rings. The summed E-state index contributed by atoms with van der Waals surface area (Å²) in [5.74, 6) is -3.39. The molecule has 0 unspecified atom stereocenters. The van der Waals surface area contributed by atoms with E-state index >= 15 is 0 Å². The highest BCUT2D eigenvalue weighted by atomic mass is 16.6. The molecule has 0 atom stereocenters. The number of benzene rings is 2. The molecule has 0 saturated carbocycles. The van der Waals surface area contributed by atoms with Gasteiger partial charge in [0.25, 0.3) is 0 Å². The first-order chi connectivity index (χ1) is 13.9. The molecule has 0 radical (unpaired) electrons. The summed E-state index contributed by atoms with van der Waals surface area (Å²) in [7, 11) is 0. The number of carboxylic acids is 2. The molecule has 2 rings (SSSR count). The van der Waals surface area contributed by atoms with Crippen LogP contribution in [-0.4, -0.2) is 60.5 Å². The summed E-state index contributed by atoms with van der Waals surface area (Å²) in [6, 6.07) is 10.6. The molecule has 29 heavy (non-hydrogen) atoms. The Kier molecular flexibility index (Phi) is 7.87. The van der Waals surface area contributed by atoms with Crippen molar-refractivity contribution in [3.63, 3.8) is 0 Å². The summed E-state index contributed by atoms with van der Waals surface area (Å²) in [6.07, 6.45) is 0. The zero-order valence-corrected chi connectivity index (χ0v) is 15.2. The van der Waals surface area contributed by atoms with E-state index in [4.69, 9.17) is 24.4 Å². The van der Waals surface area contributed by atoms with Crippen molar-refractivity contribution in [1.82, 2.24) is 0 Å². The molecule has 0 spiro atoms. The summed E-state index contributed by atoms with van der Waals surface area (Å²) >= 11 is 0. The highest BCUT2D eigenvalue weighted by Crippen LogP contribution is 2.07. The molecule has 0 aromatic heterocycles. The zero-order chi connectivity index (χ0) is 21.2. The van der Waals surface area contributed by atoms with Gasteiger partial charge in [-0.05, 0) is 48.5 Å².